The third kappa shape index (κ3) is 4.00. The molecule has 3 rings (SSSR count). The van der Waals surface area contributed by atoms with Crippen molar-refractivity contribution in [2.45, 2.75) is 57.0 Å². The Morgan fingerprint density at radius 1 is 1.09 bits per heavy atom. The van der Waals surface area contributed by atoms with Crippen LogP contribution in [-0.2, 0) is 0 Å². The Morgan fingerprint density at radius 3 is 2.50 bits per heavy atom. The van der Waals surface area contributed by atoms with E-state index >= 15 is 0 Å². The van der Waals surface area contributed by atoms with E-state index < -0.39 is 0 Å². The largest absolute Gasteiger partial charge is 0.312 e. The molecule has 3 aliphatic rings. The second kappa shape index (κ2) is 7.87. The van der Waals surface area contributed by atoms with Crippen molar-refractivity contribution in [1.82, 2.24) is 15.1 Å². The molecule has 0 aromatic rings. The number of rotatable bonds is 4. The van der Waals surface area contributed by atoms with Crippen LogP contribution in [0.4, 0.5) is 0 Å². The molecular formula is C18H35N3S. The van der Waals surface area contributed by atoms with Crippen LogP contribution in [0.15, 0.2) is 0 Å². The molecule has 2 saturated heterocycles. The highest BCUT2D eigenvalue weighted by molar-refractivity contribution is 7.99. The fraction of sp³-hybridized carbons (Fsp3) is 1.00. The van der Waals surface area contributed by atoms with Gasteiger partial charge in [-0.1, -0.05) is 26.2 Å². The normalized spacial score (nSPS) is 34.6. The summed E-state index contributed by atoms with van der Waals surface area (Å²) < 4.78 is 0. The second-order valence-corrected chi connectivity index (χ2v) is 9.12. The summed E-state index contributed by atoms with van der Waals surface area (Å²) in [6.45, 7) is 8.81. The Hall–Kier alpha value is 0.230. The standard InChI is InChI=1S/C18H35N3S/c1-16-14-20(2)9-6-17(16)19-15-18(7-4-3-5-8-18)21-10-12-22-13-11-21/h16-17,19H,3-15H2,1-2H3/t16-,17-/m1/s1. The van der Waals surface area contributed by atoms with Gasteiger partial charge in [-0.25, -0.2) is 0 Å². The van der Waals surface area contributed by atoms with E-state index in [1.165, 1.54) is 82.8 Å². The molecule has 1 saturated carbocycles. The quantitative estimate of drug-likeness (QED) is 0.856. The number of nitrogens with zero attached hydrogens (tertiary/aromatic N) is 2. The van der Waals surface area contributed by atoms with Gasteiger partial charge in [0.2, 0.25) is 0 Å². The number of nitrogens with one attached hydrogen (secondary N) is 1. The molecule has 3 fully saturated rings. The zero-order valence-corrected chi connectivity index (χ0v) is 15.5. The molecule has 4 heteroatoms. The van der Waals surface area contributed by atoms with Crippen LogP contribution in [0, 0.1) is 5.92 Å². The van der Waals surface area contributed by atoms with Gasteiger partial charge >= 0.3 is 0 Å². The van der Waals surface area contributed by atoms with Gasteiger partial charge in [0.1, 0.15) is 0 Å². The molecule has 2 aliphatic heterocycles. The molecule has 2 heterocycles. The second-order valence-electron chi connectivity index (χ2n) is 7.90. The van der Waals surface area contributed by atoms with E-state index in [0.29, 0.717) is 5.54 Å². The van der Waals surface area contributed by atoms with Gasteiger partial charge in [0.15, 0.2) is 0 Å². The molecule has 0 bridgehead atoms. The smallest absolute Gasteiger partial charge is 0.0334 e. The summed E-state index contributed by atoms with van der Waals surface area (Å²) in [6, 6.07) is 0.731. The molecule has 1 aliphatic carbocycles. The molecular weight excluding hydrogens is 290 g/mol. The fourth-order valence-corrected chi connectivity index (χ4v) is 5.73. The van der Waals surface area contributed by atoms with E-state index in [-0.39, 0.29) is 0 Å². The number of hydrogen-bond acceptors (Lipinski definition) is 4. The number of likely N-dealkylation sites (tertiary alicyclic amines) is 1. The highest BCUT2D eigenvalue weighted by Crippen LogP contribution is 2.35. The molecule has 0 aromatic heterocycles. The highest BCUT2D eigenvalue weighted by atomic mass is 32.2. The average molecular weight is 326 g/mol. The Bertz CT molecular complexity index is 337. The maximum Gasteiger partial charge on any atom is 0.0334 e. The van der Waals surface area contributed by atoms with Crippen LogP contribution in [0.1, 0.15) is 45.4 Å². The first-order valence-electron chi connectivity index (χ1n) is 9.44. The third-order valence-corrected chi connectivity index (χ3v) is 7.21. The number of hydrogen-bond donors (Lipinski definition) is 1. The van der Waals surface area contributed by atoms with Crippen LogP contribution >= 0.6 is 11.8 Å². The summed E-state index contributed by atoms with van der Waals surface area (Å²) in [5.41, 5.74) is 0.475. The summed E-state index contributed by atoms with van der Waals surface area (Å²) in [4.78, 5) is 5.34. The van der Waals surface area contributed by atoms with Gasteiger partial charge < -0.3 is 10.2 Å². The monoisotopic (exact) mass is 325 g/mol. The summed E-state index contributed by atoms with van der Waals surface area (Å²) in [5, 5.41) is 4.02. The van der Waals surface area contributed by atoms with Crippen LogP contribution < -0.4 is 5.32 Å². The summed E-state index contributed by atoms with van der Waals surface area (Å²) in [7, 11) is 2.26. The van der Waals surface area contributed by atoms with E-state index in [2.05, 4.69) is 40.8 Å². The van der Waals surface area contributed by atoms with Gasteiger partial charge in [0, 0.05) is 49.3 Å². The van der Waals surface area contributed by atoms with Gasteiger partial charge in [-0.05, 0) is 38.8 Å². The topological polar surface area (TPSA) is 18.5 Å². The van der Waals surface area contributed by atoms with E-state index in [1.54, 1.807) is 0 Å². The van der Waals surface area contributed by atoms with Crippen molar-refractivity contribution in [2.24, 2.45) is 5.92 Å². The maximum absolute atomic E-state index is 4.02. The van der Waals surface area contributed by atoms with E-state index in [4.69, 9.17) is 0 Å². The lowest BCUT2D eigenvalue weighted by Gasteiger charge is -2.49. The van der Waals surface area contributed by atoms with Gasteiger partial charge in [0.05, 0.1) is 0 Å². The zero-order valence-electron chi connectivity index (χ0n) is 14.6. The first-order valence-corrected chi connectivity index (χ1v) is 10.6. The predicted octanol–water partition coefficient (Wildman–Crippen LogP) is 2.67. The molecule has 0 radical (unpaired) electrons. The average Bonchev–Trinajstić information content (AvgIpc) is 2.56. The van der Waals surface area contributed by atoms with Crippen LogP contribution in [-0.4, -0.2) is 72.7 Å². The first kappa shape index (κ1) is 17.1. The van der Waals surface area contributed by atoms with Crippen LogP contribution in [0.3, 0.4) is 0 Å². The molecule has 0 aromatic carbocycles. The van der Waals surface area contributed by atoms with Crippen molar-refractivity contribution in [1.29, 1.82) is 0 Å². The third-order valence-electron chi connectivity index (χ3n) is 6.27. The minimum Gasteiger partial charge on any atom is -0.312 e. The van der Waals surface area contributed by atoms with Crippen molar-refractivity contribution < 1.29 is 0 Å². The predicted molar refractivity (Wildman–Crippen MR) is 97.8 cm³/mol. The van der Waals surface area contributed by atoms with Crippen LogP contribution in [0.5, 0.6) is 0 Å². The van der Waals surface area contributed by atoms with Crippen LogP contribution in [0.2, 0.25) is 0 Å². The lowest BCUT2D eigenvalue weighted by atomic mass is 9.79. The van der Waals surface area contributed by atoms with Gasteiger partial charge in [-0.2, -0.15) is 11.8 Å². The number of thioether (sulfide) groups is 1. The Balaban J connectivity index is 1.60. The molecule has 0 spiro atoms. The Kier molecular flexibility index (Phi) is 6.10. The first-order chi connectivity index (χ1) is 10.7. The Morgan fingerprint density at radius 2 is 1.82 bits per heavy atom. The molecule has 1 N–H and O–H groups in total. The fourth-order valence-electron chi connectivity index (χ4n) is 4.83. The van der Waals surface area contributed by atoms with Gasteiger partial charge in [-0.15, -0.1) is 0 Å². The minimum atomic E-state index is 0.475. The summed E-state index contributed by atoms with van der Waals surface area (Å²) in [5.74, 6) is 3.47. The van der Waals surface area contributed by atoms with Crippen molar-refractivity contribution in [3.05, 3.63) is 0 Å². The lowest BCUT2D eigenvalue weighted by molar-refractivity contribution is 0.0496. The summed E-state index contributed by atoms with van der Waals surface area (Å²) in [6.07, 6.45) is 8.50. The SMILES string of the molecule is C[C@@H]1CN(C)CC[C@H]1NCC1(N2CCSCC2)CCCCC1. The van der Waals surface area contributed by atoms with Gasteiger partial charge in [-0.3, -0.25) is 4.90 Å². The minimum absolute atomic E-state index is 0.475. The van der Waals surface area contributed by atoms with Crippen molar-refractivity contribution in [3.8, 4) is 0 Å². The molecule has 0 amide bonds. The zero-order chi connectivity index (χ0) is 15.4. The molecule has 22 heavy (non-hydrogen) atoms. The molecule has 128 valence electrons. The number of piperidine rings is 1. The van der Waals surface area contributed by atoms with E-state index in [0.717, 1.165) is 12.0 Å². The Labute approximate surface area is 141 Å². The van der Waals surface area contributed by atoms with Gasteiger partial charge in [0.25, 0.3) is 0 Å². The molecule has 2 atom stereocenters. The van der Waals surface area contributed by atoms with Crippen molar-refractivity contribution in [3.63, 3.8) is 0 Å². The maximum atomic E-state index is 4.02. The molecule has 3 nitrogen and oxygen atoms in total. The summed E-state index contributed by atoms with van der Waals surface area (Å²) >= 11 is 2.14. The van der Waals surface area contributed by atoms with E-state index in [9.17, 15) is 0 Å². The lowest BCUT2D eigenvalue weighted by Crippen LogP contribution is -2.60. The highest BCUT2D eigenvalue weighted by Gasteiger charge is 2.39. The molecule has 0 unspecified atom stereocenters. The van der Waals surface area contributed by atoms with Crippen molar-refractivity contribution in [2.75, 3.05) is 51.3 Å². The van der Waals surface area contributed by atoms with Crippen LogP contribution in [0.25, 0.3) is 0 Å². The van der Waals surface area contributed by atoms with E-state index in [1.807, 2.05) is 0 Å². The van der Waals surface area contributed by atoms with Crippen molar-refractivity contribution >= 4 is 11.8 Å².